The summed E-state index contributed by atoms with van der Waals surface area (Å²) in [6.45, 7) is 6.89. The highest BCUT2D eigenvalue weighted by molar-refractivity contribution is 7.80. The van der Waals surface area contributed by atoms with Crippen molar-refractivity contribution in [1.29, 1.82) is 0 Å². The van der Waals surface area contributed by atoms with Gasteiger partial charge in [0.2, 0.25) is 5.91 Å². The van der Waals surface area contributed by atoms with Crippen LogP contribution in [0.4, 0.5) is 0 Å². The van der Waals surface area contributed by atoms with E-state index in [0.717, 1.165) is 6.42 Å². The van der Waals surface area contributed by atoms with Gasteiger partial charge in [0, 0.05) is 6.54 Å². The van der Waals surface area contributed by atoms with Gasteiger partial charge in [0.25, 0.3) is 0 Å². The molecule has 0 spiro atoms. The number of thiocarbonyl (C=S) groups is 1. The normalized spacial score (nSPS) is 10.4. The van der Waals surface area contributed by atoms with Gasteiger partial charge in [-0.15, -0.1) is 0 Å². The summed E-state index contributed by atoms with van der Waals surface area (Å²) in [5.74, 6) is -0.0571. The lowest BCUT2D eigenvalue weighted by molar-refractivity contribution is -0.136. The molecule has 0 aromatic heterocycles. The average Bonchev–Trinajstić information content (AvgIpc) is 2.12. The van der Waals surface area contributed by atoms with Crippen LogP contribution in [0.1, 0.15) is 27.2 Å². The number of ether oxygens (including phenoxy) is 1. The summed E-state index contributed by atoms with van der Waals surface area (Å²) in [5.41, 5.74) is 5.41. The van der Waals surface area contributed by atoms with E-state index in [1.807, 2.05) is 20.8 Å². The zero-order chi connectivity index (χ0) is 11.8. The molecule has 15 heavy (non-hydrogen) atoms. The fourth-order valence-electron chi connectivity index (χ4n) is 1.08. The minimum atomic E-state index is -0.0571. The number of nitrogens with zero attached hydrogens (tertiary/aromatic N) is 1. The third-order valence-electron chi connectivity index (χ3n) is 1.73. The molecule has 0 atom stereocenters. The molecular weight excluding hydrogens is 212 g/mol. The third kappa shape index (κ3) is 7.27. The Balaban J connectivity index is 4.09. The van der Waals surface area contributed by atoms with E-state index < -0.39 is 0 Å². The summed E-state index contributed by atoms with van der Waals surface area (Å²) >= 11 is 4.78. The van der Waals surface area contributed by atoms with Crippen molar-refractivity contribution in [2.75, 3.05) is 19.7 Å². The molecule has 0 saturated carbocycles. The number of rotatable bonds is 7. The molecule has 88 valence electrons. The summed E-state index contributed by atoms with van der Waals surface area (Å²) < 4.78 is 5.24. The molecule has 0 aromatic carbocycles. The van der Waals surface area contributed by atoms with E-state index in [2.05, 4.69) is 0 Å². The maximum Gasteiger partial charge on any atom is 0.248 e. The molecule has 0 aliphatic carbocycles. The highest BCUT2D eigenvalue weighted by atomic mass is 32.1. The number of carbonyl (C=O) groups excluding carboxylic acids is 1. The molecule has 0 fully saturated rings. The van der Waals surface area contributed by atoms with Crippen LogP contribution in [0.25, 0.3) is 0 Å². The van der Waals surface area contributed by atoms with E-state index in [1.165, 1.54) is 0 Å². The van der Waals surface area contributed by atoms with Gasteiger partial charge in [0.1, 0.15) is 6.61 Å². The van der Waals surface area contributed by atoms with Crippen molar-refractivity contribution in [3.8, 4) is 0 Å². The number of amides is 1. The summed E-state index contributed by atoms with van der Waals surface area (Å²) in [6.07, 6.45) is 0.943. The zero-order valence-corrected chi connectivity index (χ0v) is 10.5. The van der Waals surface area contributed by atoms with Crippen LogP contribution < -0.4 is 5.73 Å². The quantitative estimate of drug-likeness (QED) is 0.664. The van der Waals surface area contributed by atoms with Gasteiger partial charge < -0.3 is 15.4 Å². The lowest BCUT2D eigenvalue weighted by Gasteiger charge is -2.21. The van der Waals surface area contributed by atoms with Gasteiger partial charge >= 0.3 is 0 Å². The number of carbonyl (C=O) groups is 1. The van der Waals surface area contributed by atoms with Crippen molar-refractivity contribution in [1.82, 2.24) is 4.90 Å². The molecule has 4 nitrogen and oxygen atoms in total. The third-order valence-corrected chi connectivity index (χ3v) is 1.86. The maximum absolute atomic E-state index is 11.7. The largest absolute Gasteiger partial charge is 0.392 e. The number of hydrogen-bond acceptors (Lipinski definition) is 3. The second kappa shape index (κ2) is 7.59. The van der Waals surface area contributed by atoms with E-state index in [9.17, 15) is 4.79 Å². The molecule has 5 heteroatoms. The minimum absolute atomic E-state index is 0.0571. The van der Waals surface area contributed by atoms with Gasteiger partial charge in [-0.25, -0.2) is 0 Å². The Morgan fingerprint density at radius 2 is 2.13 bits per heavy atom. The summed E-state index contributed by atoms with van der Waals surface area (Å²) in [6, 6.07) is 0. The van der Waals surface area contributed by atoms with Gasteiger partial charge in [-0.05, 0) is 20.3 Å². The van der Waals surface area contributed by atoms with Crippen LogP contribution >= 0.6 is 12.2 Å². The van der Waals surface area contributed by atoms with Crippen LogP contribution in [0.2, 0.25) is 0 Å². The lowest BCUT2D eigenvalue weighted by atomic mass is 10.4. The summed E-state index contributed by atoms with van der Waals surface area (Å²) in [4.78, 5) is 13.6. The van der Waals surface area contributed by atoms with Gasteiger partial charge in [0.15, 0.2) is 0 Å². The Labute approximate surface area is 96.8 Å². The Morgan fingerprint density at radius 1 is 1.53 bits per heavy atom. The van der Waals surface area contributed by atoms with E-state index in [4.69, 9.17) is 22.7 Å². The molecule has 0 bridgehead atoms. The molecule has 0 aromatic rings. The van der Waals surface area contributed by atoms with Gasteiger partial charge in [-0.3, -0.25) is 4.79 Å². The molecule has 0 heterocycles. The predicted octanol–water partition coefficient (Wildman–Crippen LogP) is 0.936. The van der Waals surface area contributed by atoms with Gasteiger partial charge in [-0.2, -0.15) is 0 Å². The Hall–Kier alpha value is -0.680. The van der Waals surface area contributed by atoms with Crippen LogP contribution in [0.3, 0.4) is 0 Å². The molecule has 1 amide bonds. The zero-order valence-electron chi connectivity index (χ0n) is 9.66. The molecule has 0 aliphatic rings. The van der Waals surface area contributed by atoms with Crippen LogP contribution in [-0.2, 0) is 9.53 Å². The molecule has 2 N–H and O–H groups in total. The summed E-state index contributed by atoms with van der Waals surface area (Å²) in [7, 11) is 0. The van der Waals surface area contributed by atoms with Gasteiger partial charge in [-0.1, -0.05) is 19.1 Å². The Kier molecular flexibility index (Phi) is 7.25. The van der Waals surface area contributed by atoms with Crippen LogP contribution in [0, 0.1) is 0 Å². The topological polar surface area (TPSA) is 55.6 Å². The summed E-state index contributed by atoms with van der Waals surface area (Å²) in [5, 5.41) is 0. The van der Waals surface area contributed by atoms with E-state index >= 15 is 0 Å². The number of hydrogen-bond donors (Lipinski definition) is 1. The van der Waals surface area contributed by atoms with Crippen molar-refractivity contribution in [3.05, 3.63) is 0 Å². The Morgan fingerprint density at radius 3 is 2.53 bits per heavy atom. The lowest BCUT2D eigenvalue weighted by Crippen LogP contribution is -2.40. The first-order chi connectivity index (χ1) is 6.97. The fraction of sp³-hybridized carbons (Fsp3) is 0.800. The van der Waals surface area contributed by atoms with Gasteiger partial charge in [0.05, 0.1) is 17.6 Å². The van der Waals surface area contributed by atoms with Crippen LogP contribution in [0.15, 0.2) is 0 Å². The van der Waals surface area contributed by atoms with Crippen molar-refractivity contribution >= 4 is 23.1 Å². The van der Waals surface area contributed by atoms with E-state index in [-0.39, 0.29) is 18.6 Å². The molecule has 0 unspecified atom stereocenters. The molecule has 0 rings (SSSR count). The molecule has 0 aliphatic heterocycles. The molecular formula is C10H20N2O2S. The monoisotopic (exact) mass is 232 g/mol. The standard InChI is InChI=1S/C10H20N2O2S/c1-4-5-12(6-9(11)15)10(13)7-14-8(2)3/h8H,4-7H2,1-3H3,(H2,11,15). The maximum atomic E-state index is 11.7. The Bertz CT molecular complexity index is 219. The first-order valence-electron chi connectivity index (χ1n) is 5.15. The second-order valence-corrected chi connectivity index (χ2v) is 4.17. The first kappa shape index (κ1) is 14.3. The highest BCUT2D eigenvalue weighted by Gasteiger charge is 2.13. The van der Waals surface area contributed by atoms with Crippen LogP contribution in [0.5, 0.6) is 0 Å². The van der Waals surface area contributed by atoms with Crippen LogP contribution in [-0.4, -0.2) is 41.6 Å². The van der Waals surface area contributed by atoms with Crippen molar-refractivity contribution in [2.45, 2.75) is 33.3 Å². The average molecular weight is 232 g/mol. The molecule has 0 radical (unpaired) electrons. The highest BCUT2D eigenvalue weighted by Crippen LogP contribution is 1.96. The van der Waals surface area contributed by atoms with E-state index in [1.54, 1.807) is 4.90 Å². The smallest absolute Gasteiger partial charge is 0.248 e. The SMILES string of the molecule is CCCN(CC(N)=S)C(=O)COC(C)C. The van der Waals surface area contributed by atoms with Crippen molar-refractivity contribution in [3.63, 3.8) is 0 Å². The fourth-order valence-corrected chi connectivity index (χ4v) is 1.24. The second-order valence-electron chi connectivity index (χ2n) is 3.64. The van der Waals surface area contributed by atoms with Crippen molar-refractivity contribution < 1.29 is 9.53 Å². The van der Waals surface area contributed by atoms with E-state index in [0.29, 0.717) is 18.1 Å². The molecule has 0 saturated heterocycles. The first-order valence-corrected chi connectivity index (χ1v) is 5.55. The minimum Gasteiger partial charge on any atom is -0.392 e. The number of nitrogens with two attached hydrogens (primary N) is 1. The van der Waals surface area contributed by atoms with Crippen molar-refractivity contribution in [2.24, 2.45) is 5.73 Å². The predicted molar refractivity (Wildman–Crippen MR) is 64.7 cm³/mol.